The van der Waals surface area contributed by atoms with Crippen LogP contribution in [0.3, 0.4) is 0 Å². The van der Waals surface area contributed by atoms with Gasteiger partial charge in [-0.15, -0.1) is 0 Å². The molecule has 88 valence electrons. The maximum Gasteiger partial charge on any atom is 0.249 e. The van der Waals surface area contributed by atoms with Crippen molar-refractivity contribution >= 4 is 5.91 Å². The predicted molar refractivity (Wildman–Crippen MR) is 59.7 cm³/mol. The Morgan fingerprint density at radius 1 is 1.53 bits per heavy atom. The van der Waals surface area contributed by atoms with E-state index in [-0.39, 0.29) is 23.7 Å². The third-order valence-corrected chi connectivity index (χ3v) is 2.83. The molecular formula is C11H22N2O2. The molecule has 1 amide bonds. The van der Waals surface area contributed by atoms with E-state index in [1.807, 2.05) is 20.8 Å². The van der Waals surface area contributed by atoms with E-state index in [1.165, 1.54) is 0 Å². The van der Waals surface area contributed by atoms with Gasteiger partial charge >= 0.3 is 0 Å². The number of amides is 1. The zero-order chi connectivity index (χ0) is 11.5. The molecule has 0 aromatic heterocycles. The zero-order valence-corrected chi connectivity index (χ0v) is 10.1. The maximum absolute atomic E-state index is 11.7. The Kier molecular flexibility index (Phi) is 4.11. The fourth-order valence-corrected chi connectivity index (χ4v) is 1.50. The quantitative estimate of drug-likeness (QED) is 0.707. The summed E-state index contributed by atoms with van der Waals surface area (Å²) in [6.07, 6.45) is 0.572. The maximum atomic E-state index is 11.7. The Morgan fingerprint density at radius 2 is 2.13 bits per heavy atom. The lowest BCUT2D eigenvalue weighted by Crippen LogP contribution is -2.61. The standard InChI is InChI=1S/C11H22N2O2/c1-5-8(2)13-10(14)9(3)15-11(4)6-12-7-11/h8-9,12H,5-7H2,1-4H3,(H,13,14). The summed E-state index contributed by atoms with van der Waals surface area (Å²) in [5.41, 5.74) is -0.161. The van der Waals surface area contributed by atoms with Crippen LogP contribution in [0.15, 0.2) is 0 Å². The van der Waals surface area contributed by atoms with E-state index in [4.69, 9.17) is 4.74 Å². The first kappa shape index (κ1) is 12.5. The number of nitrogens with one attached hydrogen (secondary N) is 2. The van der Waals surface area contributed by atoms with E-state index >= 15 is 0 Å². The smallest absolute Gasteiger partial charge is 0.249 e. The highest BCUT2D eigenvalue weighted by molar-refractivity contribution is 5.80. The molecule has 1 rings (SSSR count). The first-order valence-electron chi connectivity index (χ1n) is 5.66. The Hall–Kier alpha value is -0.610. The molecule has 4 heteroatoms. The number of rotatable bonds is 5. The summed E-state index contributed by atoms with van der Waals surface area (Å²) < 4.78 is 5.71. The third kappa shape index (κ3) is 3.47. The van der Waals surface area contributed by atoms with Crippen molar-refractivity contribution in [2.45, 2.75) is 51.9 Å². The number of carbonyl (C=O) groups is 1. The first-order valence-corrected chi connectivity index (χ1v) is 5.66. The summed E-state index contributed by atoms with van der Waals surface area (Å²) in [5.74, 6) is -0.0162. The van der Waals surface area contributed by atoms with E-state index in [1.54, 1.807) is 6.92 Å². The van der Waals surface area contributed by atoms with Gasteiger partial charge in [0.2, 0.25) is 5.91 Å². The molecule has 15 heavy (non-hydrogen) atoms. The number of ether oxygens (including phenoxy) is 1. The van der Waals surface area contributed by atoms with Crippen LogP contribution in [-0.4, -0.2) is 36.7 Å². The van der Waals surface area contributed by atoms with Crippen molar-refractivity contribution in [3.8, 4) is 0 Å². The van der Waals surface area contributed by atoms with E-state index in [0.29, 0.717) is 0 Å². The van der Waals surface area contributed by atoms with Crippen molar-refractivity contribution in [2.75, 3.05) is 13.1 Å². The molecule has 0 aliphatic carbocycles. The van der Waals surface area contributed by atoms with Gasteiger partial charge in [0.1, 0.15) is 6.10 Å². The second kappa shape index (κ2) is 4.94. The Bertz CT molecular complexity index is 227. The number of hydrogen-bond donors (Lipinski definition) is 2. The van der Waals surface area contributed by atoms with E-state index in [2.05, 4.69) is 10.6 Å². The lowest BCUT2D eigenvalue weighted by Gasteiger charge is -2.40. The average molecular weight is 214 g/mol. The molecule has 0 bridgehead atoms. The van der Waals surface area contributed by atoms with Crippen molar-refractivity contribution in [3.63, 3.8) is 0 Å². The average Bonchev–Trinajstić information content (AvgIpc) is 2.14. The largest absolute Gasteiger partial charge is 0.360 e. The molecule has 0 aromatic carbocycles. The Balaban J connectivity index is 2.32. The minimum absolute atomic E-state index is 0.0162. The third-order valence-electron chi connectivity index (χ3n) is 2.83. The lowest BCUT2D eigenvalue weighted by molar-refractivity contribution is -0.150. The molecule has 1 aliphatic heterocycles. The molecule has 0 spiro atoms. The molecule has 0 radical (unpaired) electrons. The highest BCUT2D eigenvalue weighted by Gasteiger charge is 2.35. The summed E-state index contributed by atoms with van der Waals surface area (Å²) in [7, 11) is 0. The second-order valence-electron chi connectivity index (χ2n) is 4.63. The van der Waals surface area contributed by atoms with Crippen LogP contribution in [0.4, 0.5) is 0 Å². The van der Waals surface area contributed by atoms with Gasteiger partial charge in [-0.2, -0.15) is 0 Å². The summed E-state index contributed by atoms with van der Waals surface area (Å²) in [6.45, 7) is 9.53. The summed E-state index contributed by atoms with van der Waals surface area (Å²) in [5, 5.41) is 6.06. The molecule has 4 nitrogen and oxygen atoms in total. The van der Waals surface area contributed by atoms with Gasteiger partial charge in [-0.3, -0.25) is 4.79 Å². The van der Waals surface area contributed by atoms with E-state index in [9.17, 15) is 4.79 Å². The molecule has 0 aromatic rings. The van der Waals surface area contributed by atoms with Gasteiger partial charge in [0.05, 0.1) is 5.60 Å². The molecule has 1 aliphatic rings. The fraction of sp³-hybridized carbons (Fsp3) is 0.909. The number of hydrogen-bond acceptors (Lipinski definition) is 3. The van der Waals surface area contributed by atoms with Gasteiger partial charge in [0.15, 0.2) is 0 Å². The Morgan fingerprint density at radius 3 is 2.53 bits per heavy atom. The van der Waals surface area contributed by atoms with Crippen LogP contribution in [0.1, 0.15) is 34.1 Å². The molecule has 2 unspecified atom stereocenters. The van der Waals surface area contributed by atoms with Crippen LogP contribution in [0.2, 0.25) is 0 Å². The van der Waals surface area contributed by atoms with Crippen molar-refractivity contribution < 1.29 is 9.53 Å². The van der Waals surface area contributed by atoms with Gasteiger partial charge in [-0.25, -0.2) is 0 Å². The minimum atomic E-state index is -0.369. The lowest BCUT2D eigenvalue weighted by atomic mass is 10.00. The summed E-state index contributed by atoms with van der Waals surface area (Å²) >= 11 is 0. The molecule has 2 N–H and O–H groups in total. The topological polar surface area (TPSA) is 50.4 Å². The van der Waals surface area contributed by atoms with Crippen LogP contribution in [-0.2, 0) is 9.53 Å². The van der Waals surface area contributed by atoms with Crippen molar-refractivity contribution in [1.29, 1.82) is 0 Å². The fourth-order valence-electron chi connectivity index (χ4n) is 1.50. The van der Waals surface area contributed by atoms with Crippen LogP contribution in [0.25, 0.3) is 0 Å². The van der Waals surface area contributed by atoms with Crippen molar-refractivity contribution in [2.24, 2.45) is 0 Å². The van der Waals surface area contributed by atoms with Crippen molar-refractivity contribution in [3.05, 3.63) is 0 Å². The normalized spacial score (nSPS) is 22.7. The summed E-state index contributed by atoms with van der Waals surface area (Å²) in [6, 6.07) is 0.218. The van der Waals surface area contributed by atoms with Gasteiger partial charge in [0, 0.05) is 19.1 Å². The SMILES string of the molecule is CCC(C)NC(=O)C(C)OC1(C)CNC1. The van der Waals surface area contributed by atoms with Gasteiger partial charge in [-0.1, -0.05) is 6.92 Å². The van der Waals surface area contributed by atoms with Crippen molar-refractivity contribution in [1.82, 2.24) is 10.6 Å². The minimum Gasteiger partial charge on any atom is -0.360 e. The molecule has 2 atom stereocenters. The van der Waals surface area contributed by atoms with Gasteiger partial charge in [0.25, 0.3) is 0 Å². The highest BCUT2D eigenvalue weighted by atomic mass is 16.5. The molecule has 0 saturated carbocycles. The number of carbonyl (C=O) groups excluding carboxylic acids is 1. The van der Waals surface area contributed by atoms with Crippen LogP contribution in [0, 0.1) is 0 Å². The first-order chi connectivity index (χ1) is 6.97. The predicted octanol–water partition coefficient (Wildman–Crippen LogP) is 0.668. The van der Waals surface area contributed by atoms with E-state index in [0.717, 1.165) is 19.5 Å². The summed E-state index contributed by atoms with van der Waals surface area (Å²) in [4.78, 5) is 11.7. The van der Waals surface area contributed by atoms with E-state index < -0.39 is 0 Å². The monoisotopic (exact) mass is 214 g/mol. The van der Waals surface area contributed by atoms with Crippen LogP contribution < -0.4 is 10.6 Å². The van der Waals surface area contributed by atoms with Gasteiger partial charge < -0.3 is 15.4 Å². The molecule has 1 fully saturated rings. The van der Waals surface area contributed by atoms with Crippen LogP contribution >= 0.6 is 0 Å². The zero-order valence-electron chi connectivity index (χ0n) is 10.1. The molecule has 1 heterocycles. The second-order valence-corrected chi connectivity index (χ2v) is 4.63. The van der Waals surface area contributed by atoms with Crippen LogP contribution in [0.5, 0.6) is 0 Å². The highest BCUT2D eigenvalue weighted by Crippen LogP contribution is 2.17. The van der Waals surface area contributed by atoms with Gasteiger partial charge in [-0.05, 0) is 27.2 Å². The molecule has 1 saturated heterocycles. The Labute approximate surface area is 91.8 Å². The molecular weight excluding hydrogens is 192 g/mol.